The minimum atomic E-state index is -4.55. The fraction of sp³-hybridized carbons (Fsp3) is 0.0833. The quantitative estimate of drug-likeness (QED) is 0.681. The molecule has 0 spiro atoms. The number of fused-ring (bicyclic) bond motifs is 1. The second-order valence-electron chi connectivity index (χ2n) is 3.80. The van der Waals surface area contributed by atoms with Gasteiger partial charge in [-0.1, -0.05) is 0 Å². The summed E-state index contributed by atoms with van der Waals surface area (Å²) in [5.41, 5.74) is -0.157. The van der Waals surface area contributed by atoms with Crippen molar-refractivity contribution in [2.24, 2.45) is 0 Å². The fourth-order valence-corrected chi connectivity index (χ4v) is 2.37. The van der Waals surface area contributed by atoms with Gasteiger partial charge in [0.05, 0.1) is 0 Å². The number of halogens is 3. The topological polar surface area (TPSA) is 38.7 Å². The molecule has 0 fully saturated rings. The minimum absolute atomic E-state index is 0.188. The van der Waals surface area contributed by atoms with Crippen LogP contribution in [0.5, 0.6) is 0 Å². The number of alkyl halides is 3. The van der Waals surface area contributed by atoms with Crippen LogP contribution in [0.1, 0.15) is 5.69 Å². The average molecular weight is 281 g/mol. The van der Waals surface area contributed by atoms with Crippen LogP contribution in [0, 0.1) is 0 Å². The van der Waals surface area contributed by atoms with E-state index in [1.54, 1.807) is 16.8 Å². The van der Waals surface area contributed by atoms with E-state index in [1.165, 1.54) is 29.8 Å². The molecule has 0 aliphatic rings. The Balaban J connectivity index is 2.32. The summed E-state index contributed by atoms with van der Waals surface area (Å²) in [4.78, 5) is 11.6. The van der Waals surface area contributed by atoms with Crippen molar-refractivity contribution in [3.63, 3.8) is 0 Å². The summed E-state index contributed by atoms with van der Waals surface area (Å²) in [5.74, 6) is 0. The normalized spacial score (nSPS) is 11.9. The highest BCUT2D eigenvalue weighted by molar-refractivity contribution is 7.09. The molecule has 3 rings (SSSR count). The molecule has 0 unspecified atom stereocenters. The number of rotatable bonds is 1. The monoisotopic (exact) mass is 281 g/mol. The van der Waals surface area contributed by atoms with Crippen molar-refractivity contribution in [1.82, 2.24) is 15.0 Å². The molecule has 3 heterocycles. The van der Waals surface area contributed by atoms with Crippen LogP contribution in [-0.4, -0.2) is 15.0 Å². The van der Waals surface area contributed by atoms with Crippen LogP contribution in [0.15, 0.2) is 35.3 Å². The molecule has 3 aromatic heterocycles. The molecule has 0 aliphatic heterocycles. The van der Waals surface area contributed by atoms with E-state index in [0.717, 1.165) is 0 Å². The van der Waals surface area contributed by atoms with Gasteiger partial charge in [-0.25, -0.2) is 9.97 Å². The molecule has 0 aliphatic carbocycles. The standard InChI is InChI=1S/C12H6F3N3S/c13-12(14,15)11-10(7-2-1-3-16-4-7)17-8-5-19-6-9(8)18-11/h1-6H. The molecule has 0 atom stereocenters. The summed E-state index contributed by atoms with van der Waals surface area (Å²) in [6.45, 7) is 0. The van der Waals surface area contributed by atoms with Crippen molar-refractivity contribution in [2.45, 2.75) is 6.18 Å². The van der Waals surface area contributed by atoms with Crippen molar-refractivity contribution in [2.75, 3.05) is 0 Å². The van der Waals surface area contributed by atoms with E-state index in [4.69, 9.17) is 0 Å². The van der Waals surface area contributed by atoms with Gasteiger partial charge in [-0.3, -0.25) is 4.98 Å². The summed E-state index contributed by atoms with van der Waals surface area (Å²) in [7, 11) is 0. The number of thiophene rings is 1. The lowest BCUT2D eigenvalue weighted by atomic mass is 10.1. The Labute approximate surface area is 109 Å². The maximum absolute atomic E-state index is 13.0. The molecule has 7 heteroatoms. The molecule has 0 bridgehead atoms. The summed E-state index contributed by atoms with van der Waals surface area (Å²) in [5, 5.41) is 3.22. The summed E-state index contributed by atoms with van der Waals surface area (Å²) >= 11 is 1.27. The predicted octanol–water partition coefficient (Wildman–Crippen LogP) is 3.77. The number of hydrogen-bond donors (Lipinski definition) is 0. The zero-order valence-electron chi connectivity index (χ0n) is 9.35. The molecule has 0 aromatic carbocycles. The van der Waals surface area contributed by atoms with Crippen LogP contribution in [-0.2, 0) is 6.18 Å². The zero-order valence-corrected chi connectivity index (χ0v) is 10.2. The summed E-state index contributed by atoms with van der Waals surface area (Å²) in [6.07, 6.45) is -1.71. The molecule has 0 N–H and O–H groups in total. The Morgan fingerprint density at radius 1 is 1.05 bits per heavy atom. The molecule has 3 nitrogen and oxygen atoms in total. The van der Waals surface area contributed by atoms with Gasteiger partial charge in [0.15, 0.2) is 5.69 Å². The second-order valence-corrected chi connectivity index (χ2v) is 4.55. The number of hydrogen-bond acceptors (Lipinski definition) is 4. The third-order valence-electron chi connectivity index (χ3n) is 2.51. The van der Waals surface area contributed by atoms with E-state index >= 15 is 0 Å². The van der Waals surface area contributed by atoms with Gasteiger partial charge >= 0.3 is 6.18 Å². The van der Waals surface area contributed by atoms with Gasteiger partial charge in [0.25, 0.3) is 0 Å². The zero-order chi connectivity index (χ0) is 13.5. The van der Waals surface area contributed by atoms with Crippen molar-refractivity contribution >= 4 is 22.4 Å². The Morgan fingerprint density at radius 2 is 1.79 bits per heavy atom. The number of pyridine rings is 1. The van der Waals surface area contributed by atoms with Gasteiger partial charge in [0, 0.05) is 28.7 Å². The molecule has 19 heavy (non-hydrogen) atoms. The molecule has 0 radical (unpaired) electrons. The molecule has 0 amide bonds. The first-order valence-electron chi connectivity index (χ1n) is 5.27. The third-order valence-corrected chi connectivity index (χ3v) is 3.23. The lowest BCUT2D eigenvalue weighted by Gasteiger charge is -2.10. The number of nitrogens with zero attached hydrogens (tertiary/aromatic N) is 3. The SMILES string of the molecule is FC(F)(F)c1nc2cscc2nc1-c1cccnc1. The molecule has 0 saturated heterocycles. The Hall–Kier alpha value is -2.02. The molecular formula is C12H6F3N3S. The second kappa shape index (κ2) is 4.27. The van der Waals surface area contributed by atoms with E-state index in [9.17, 15) is 13.2 Å². The van der Waals surface area contributed by atoms with Crippen molar-refractivity contribution < 1.29 is 13.2 Å². The van der Waals surface area contributed by atoms with Gasteiger partial charge in [-0.2, -0.15) is 13.2 Å². The summed E-state index contributed by atoms with van der Waals surface area (Å²) in [6, 6.07) is 3.10. The van der Waals surface area contributed by atoms with E-state index in [1.807, 2.05) is 0 Å². The molecular weight excluding hydrogens is 275 g/mol. The Kier molecular flexibility index (Phi) is 2.70. The van der Waals surface area contributed by atoms with Crippen molar-refractivity contribution in [3.05, 3.63) is 41.0 Å². The average Bonchev–Trinajstić information content (AvgIpc) is 2.84. The fourth-order valence-electron chi connectivity index (χ4n) is 1.70. The highest BCUT2D eigenvalue weighted by Crippen LogP contribution is 2.35. The highest BCUT2D eigenvalue weighted by Gasteiger charge is 2.37. The van der Waals surface area contributed by atoms with Crippen molar-refractivity contribution in [3.8, 4) is 11.3 Å². The van der Waals surface area contributed by atoms with E-state index < -0.39 is 11.9 Å². The van der Waals surface area contributed by atoms with Gasteiger partial charge < -0.3 is 0 Å². The third kappa shape index (κ3) is 2.17. The van der Waals surface area contributed by atoms with Crippen LogP contribution in [0.4, 0.5) is 13.2 Å². The Morgan fingerprint density at radius 3 is 2.42 bits per heavy atom. The van der Waals surface area contributed by atoms with Gasteiger partial charge in [0.2, 0.25) is 0 Å². The summed E-state index contributed by atoms with van der Waals surface area (Å²) < 4.78 is 39.1. The smallest absolute Gasteiger partial charge is 0.264 e. The van der Waals surface area contributed by atoms with Gasteiger partial charge in [-0.05, 0) is 12.1 Å². The van der Waals surface area contributed by atoms with Gasteiger partial charge in [-0.15, -0.1) is 11.3 Å². The van der Waals surface area contributed by atoms with Crippen molar-refractivity contribution in [1.29, 1.82) is 0 Å². The largest absolute Gasteiger partial charge is 0.435 e. The van der Waals surface area contributed by atoms with Crippen LogP contribution < -0.4 is 0 Å². The lowest BCUT2D eigenvalue weighted by Crippen LogP contribution is -2.11. The maximum Gasteiger partial charge on any atom is 0.435 e. The lowest BCUT2D eigenvalue weighted by molar-refractivity contribution is -0.140. The maximum atomic E-state index is 13.0. The van der Waals surface area contributed by atoms with E-state index in [0.29, 0.717) is 11.1 Å². The predicted molar refractivity (Wildman–Crippen MR) is 65.6 cm³/mol. The van der Waals surface area contributed by atoms with Gasteiger partial charge in [0.1, 0.15) is 16.7 Å². The molecule has 3 aromatic rings. The first kappa shape index (κ1) is 12.0. The molecule has 0 saturated carbocycles. The van der Waals surface area contributed by atoms with E-state index in [-0.39, 0.29) is 11.2 Å². The van der Waals surface area contributed by atoms with Crippen LogP contribution in [0.2, 0.25) is 0 Å². The number of aromatic nitrogens is 3. The first-order chi connectivity index (χ1) is 9.05. The van der Waals surface area contributed by atoms with Crippen LogP contribution in [0.3, 0.4) is 0 Å². The van der Waals surface area contributed by atoms with Crippen LogP contribution in [0.25, 0.3) is 22.3 Å². The molecule has 96 valence electrons. The van der Waals surface area contributed by atoms with Crippen LogP contribution >= 0.6 is 11.3 Å². The first-order valence-corrected chi connectivity index (χ1v) is 6.21. The minimum Gasteiger partial charge on any atom is -0.264 e. The Bertz CT molecular complexity index is 722. The van der Waals surface area contributed by atoms with E-state index in [2.05, 4.69) is 15.0 Å². The highest BCUT2D eigenvalue weighted by atomic mass is 32.1.